The molecular formula is C12H15ClF3N3. The normalized spacial score (nSPS) is 16.9. The molecule has 106 valence electrons. The van der Waals surface area contributed by atoms with Gasteiger partial charge in [-0.05, 0) is 19.8 Å². The first-order valence-corrected chi connectivity index (χ1v) is 6.68. The lowest BCUT2D eigenvalue weighted by Crippen LogP contribution is -2.34. The third-order valence-corrected chi connectivity index (χ3v) is 3.53. The van der Waals surface area contributed by atoms with Crippen LogP contribution in [0.5, 0.6) is 0 Å². The summed E-state index contributed by atoms with van der Waals surface area (Å²) >= 11 is 5.69. The average molecular weight is 294 g/mol. The maximum Gasteiger partial charge on any atom is 0.451 e. The van der Waals surface area contributed by atoms with Crippen LogP contribution in [0.25, 0.3) is 0 Å². The standard InChI is InChI=1S/C12H15ClF3N3/c1-2-19(8-5-3-4-6-8)10-7-9(13)17-11(18-10)12(14,15)16/h7-8H,2-6H2,1H3. The summed E-state index contributed by atoms with van der Waals surface area (Å²) in [6.07, 6.45) is -0.402. The monoisotopic (exact) mass is 293 g/mol. The van der Waals surface area contributed by atoms with Gasteiger partial charge in [0.25, 0.3) is 0 Å². The number of hydrogen-bond acceptors (Lipinski definition) is 3. The van der Waals surface area contributed by atoms with Crippen LogP contribution in [0.2, 0.25) is 5.15 Å². The van der Waals surface area contributed by atoms with Crippen molar-refractivity contribution in [1.82, 2.24) is 9.97 Å². The lowest BCUT2D eigenvalue weighted by molar-refractivity contribution is -0.144. The first-order chi connectivity index (χ1) is 8.91. The van der Waals surface area contributed by atoms with Crippen molar-refractivity contribution in [2.24, 2.45) is 0 Å². The molecule has 1 heterocycles. The van der Waals surface area contributed by atoms with Gasteiger partial charge in [0.2, 0.25) is 5.82 Å². The summed E-state index contributed by atoms with van der Waals surface area (Å²) in [6.45, 7) is 2.51. The molecule has 3 nitrogen and oxygen atoms in total. The van der Waals surface area contributed by atoms with Crippen LogP contribution in [0.4, 0.5) is 19.0 Å². The maximum atomic E-state index is 12.7. The summed E-state index contributed by atoms with van der Waals surface area (Å²) in [7, 11) is 0. The molecule has 1 aromatic heterocycles. The molecule has 7 heteroatoms. The fourth-order valence-electron chi connectivity index (χ4n) is 2.50. The smallest absolute Gasteiger partial charge is 0.354 e. The molecule has 1 aromatic rings. The van der Waals surface area contributed by atoms with E-state index in [2.05, 4.69) is 9.97 Å². The van der Waals surface area contributed by atoms with E-state index < -0.39 is 12.0 Å². The van der Waals surface area contributed by atoms with Crippen molar-refractivity contribution in [2.75, 3.05) is 11.4 Å². The average Bonchev–Trinajstić information content (AvgIpc) is 2.82. The number of nitrogens with zero attached hydrogens (tertiary/aromatic N) is 3. The molecule has 0 aliphatic heterocycles. The molecular weight excluding hydrogens is 279 g/mol. The van der Waals surface area contributed by atoms with E-state index in [9.17, 15) is 13.2 Å². The van der Waals surface area contributed by atoms with Crippen molar-refractivity contribution in [3.8, 4) is 0 Å². The predicted octanol–water partition coefficient (Wildman–Crippen LogP) is 3.92. The van der Waals surface area contributed by atoms with Crippen LogP contribution >= 0.6 is 11.6 Å². The zero-order valence-electron chi connectivity index (χ0n) is 10.5. The Morgan fingerprint density at radius 1 is 1.32 bits per heavy atom. The Kier molecular flexibility index (Phi) is 4.18. The minimum Gasteiger partial charge on any atom is -0.354 e. The molecule has 0 spiro atoms. The van der Waals surface area contributed by atoms with Gasteiger partial charge < -0.3 is 4.90 Å². The zero-order valence-corrected chi connectivity index (χ0v) is 11.3. The summed E-state index contributed by atoms with van der Waals surface area (Å²) < 4.78 is 38.1. The number of halogens is 4. The maximum absolute atomic E-state index is 12.7. The molecule has 0 amide bonds. The number of aromatic nitrogens is 2. The highest BCUT2D eigenvalue weighted by molar-refractivity contribution is 6.29. The summed E-state index contributed by atoms with van der Waals surface area (Å²) in [5, 5.41) is -0.172. The highest BCUT2D eigenvalue weighted by atomic mass is 35.5. The number of rotatable bonds is 3. The van der Waals surface area contributed by atoms with Crippen LogP contribution < -0.4 is 4.90 Å². The van der Waals surface area contributed by atoms with Crippen LogP contribution in [0.3, 0.4) is 0 Å². The van der Waals surface area contributed by atoms with Gasteiger partial charge in [-0.25, -0.2) is 9.97 Å². The largest absolute Gasteiger partial charge is 0.451 e. The van der Waals surface area contributed by atoms with Gasteiger partial charge in [0, 0.05) is 18.7 Å². The van der Waals surface area contributed by atoms with E-state index in [1.807, 2.05) is 11.8 Å². The first kappa shape index (κ1) is 14.4. The summed E-state index contributed by atoms with van der Waals surface area (Å²) in [4.78, 5) is 8.76. The van der Waals surface area contributed by atoms with Crippen LogP contribution in [-0.2, 0) is 6.18 Å². The van der Waals surface area contributed by atoms with Crippen LogP contribution in [-0.4, -0.2) is 22.6 Å². The van der Waals surface area contributed by atoms with E-state index in [1.54, 1.807) is 0 Å². The van der Waals surface area contributed by atoms with Crippen molar-refractivity contribution >= 4 is 17.4 Å². The Bertz CT molecular complexity index is 444. The quantitative estimate of drug-likeness (QED) is 0.791. The van der Waals surface area contributed by atoms with Crippen LogP contribution in [0, 0.1) is 0 Å². The fourth-order valence-corrected chi connectivity index (χ4v) is 2.68. The Labute approximate surface area is 114 Å². The molecule has 0 N–H and O–H groups in total. The second-order valence-electron chi connectivity index (χ2n) is 4.59. The van der Waals surface area contributed by atoms with Crippen molar-refractivity contribution in [3.05, 3.63) is 17.0 Å². The van der Waals surface area contributed by atoms with Crippen molar-refractivity contribution in [1.29, 1.82) is 0 Å². The molecule has 0 unspecified atom stereocenters. The van der Waals surface area contributed by atoms with Gasteiger partial charge in [-0.2, -0.15) is 13.2 Å². The lowest BCUT2D eigenvalue weighted by Gasteiger charge is -2.29. The third-order valence-electron chi connectivity index (χ3n) is 3.34. The molecule has 1 saturated carbocycles. The van der Waals surface area contributed by atoms with Gasteiger partial charge in [-0.1, -0.05) is 24.4 Å². The van der Waals surface area contributed by atoms with E-state index in [-0.39, 0.29) is 17.0 Å². The zero-order chi connectivity index (χ0) is 14.0. The molecule has 1 aliphatic rings. The molecule has 19 heavy (non-hydrogen) atoms. The summed E-state index contributed by atoms with van der Waals surface area (Å²) in [6, 6.07) is 1.65. The Balaban J connectivity index is 2.34. The second kappa shape index (κ2) is 5.53. The van der Waals surface area contributed by atoms with E-state index in [1.165, 1.54) is 6.07 Å². The predicted molar refractivity (Wildman–Crippen MR) is 67.3 cm³/mol. The highest BCUT2D eigenvalue weighted by Crippen LogP contribution is 2.32. The molecule has 0 radical (unpaired) electrons. The van der Waals surface area contributed by atoms with E-state index in [0.29, 0.717) is 6.54 Å². The van der Waals surface area contributed by atoms with Crippen molar-refractivity contribution in [3.63, 3.8) is 0 Å². The summed E-state index contributed by atoms with van der Waals surface area (Å²) in [5.74, 6) is -0.909. The Hall–Kier alpha value is -1.04. The fraction of sp³-hybridized carbons (Fsp3) is 0.667. The SMILES string of the molecule is CCN(c1cc(Cl)nc(C(F)(F)F)n1)C1CCCC1. The van der Waals surface area contributed by atoms with Gasteiger partial charge in [0.15, 0.2) is 0 Å². The van der Waals surface area contributed by atoms with E-state index in [4.69, 9.17) is 11.6 Å². The molecule has 0 aromatic carbocycles. The Morgan fingerprint density at radius 3 is 2.47 bits per heavy atom. The highest BCUT2D eigenvalue weighted by Gasteiger charge is 2.36. The molecule has 0 saturated heterocycles. The molecule has 0 atom stereocenters. The van der Waals surface area contributed by atoms with Crippen LogP contribution in [0.1, 0.15) is 38.4 Å². The van der Waals surface area contributed by atoms with Gasteiger partial charge in [0.05, 0.1) is 0 Å². The first-order valence-electron chi connectivity index (χ1n) is 6.30. The van der Waals surface area contributed by atoms with Gasteiger partial charge in [-0.3, -0.25) is 0 Å². The third kappa shape index (κ3) is 3.29. The minimum atomic E-state index is -4.57. The Morgan fingerprint density at radius 2 is 1.95 bits per heavy atom. The van der Waals surface area contributed by atoms with Crippen LogP contribution in [0.15, 0.2) is 6.07 Å². The number of alkyl halides is 3. The number of hydrogen-bond donors (Lipinski definition) is 0. The van der Waals surface area contributed by atoms with E-state index in [0.717, 1.165) is 25.7 Å². The molecule has 2 rings (SSSR count). The van der Waals surface area contributed by atoms with Crippen molar-refractivity contribution in [2.45, 2.75) is 44.8 Å². The molecule has 1 fully saturated rings. The number of anilines is 1. The topological polar surface area (TPSA) is 29.0 Å². The van der Waals surface area contributed by atoms with Gasteiger partial charge >= 0.3 is 6.18 Å². The minimum absolute atomic E-state index is 0.172. The van der Waals surface area contributed by atoms with E-state index >= 15 is 0 Å². The van der Waals surface area contributed by atoms with Gasteiger partial charge in [-0.15, -0.1) is 0 Å². The van der Waals surface area contributed by atoms with Gasteiger partial charge in [0.1, 0.15) is 11.0 Å². The van der Waals surface area contributed by atoms with Crippen molar-refractivity contribution < 1.29 is 13.2 Å². The summed E-state index contributed by atoms with van der Waals surface area (Å²) in [5.41, 5.74) is 0. The molecule has 0 bridgehead atoms. The lowest BCUT2D eigenvalue weighted by atomic mass is 10.2. The molecule has 1 aliphatic carbocycles. The second-order valence-corrected chi connectivity index (χ2v) is 4.98.